The molecule has 0 aromatic carbocycles. The lowest BCUT2D eigenvalue weighted by Crippen LogP contribution is -2.26. The van der Waals surface area contributed by atoms with Crippen LogP contribution in [0, 0.1) is 13.8 Å². The van der Waals surface area contributed by atoms with E-state index in [-0.39, 0.29) is 11.5 Å². The van der Waals surface area contributed by atoms with E-state index < -0.39 is 0 Å². The van der Waals surface area contributed by atoms with Crippen molar-refractivity contribution in [2.75, 3.05) is 5.73 Å². The highest BCUT2D eigenvalue weighted by Crippen LogP contribution is 2.18. The highest BCUT2D eigenvalue weighted by molar-refractivity contribution is 5.55. The molecule has 0 atom stereocenters. The second-order valence-electron chi connectivity index (χ2n) is 3.17. The van der Waals surface area contributed by atoms with Crippen LogP contribution in [0.1, 0.15) is 11.3 Å². The average molecular weight is 192 g/mol. The molecule has 0 saturated carbocycles. The van der Waals surface area contributed by atoms with Gasteiger partial charge in [-0.05, 0) is 30.5 Å². The lowest BCUT2D eigenvalue weighted by atomic mass is 10.1. The van der Waals surface area contributed by atoms with Gasteiger partial charge in [-0.1, -0.05) is 0 Å². The Bertz CT molecular complexity index is 518. The molecule has 2 rings (SSSR count). The molecular weight excluding hydrogens is 182 g/mol. The molecule has 2 heterocycles. The van der Waals surface area contributed by atoms with Gasteiger partial charge in [-0.25, -0.2) is 9.78 Å². The molecule has 0 fully saturated rings. The largest absolute Gasteiger partial charge is 0.433 e. The lowest BCUT2D eigenvalue weighted by Gasteiger charge is -2.03. The molecule has 0 amide bonds. The third-order valence-electron chi connectivity index (χ3n) is 1.98. The third-order valence-corrected chi connectivity index (χ3v) is 1.98. The standard InChI is InChI=1S/C9H9N3O2/c1-4-3-5(2)14-8-6(4)7(13)11-9(10)12-8/h3H,1-2H3,(H2,10,11,13)/p+1. The zero-order chi connectivity index (χ0) is 10.3. The van der Waals surface area contributed by atoms with Crippen molar-refractivity contribution in [2.24, 2.45) is 0 Å². The fourth-order valence-electron chi connectivity index (χ4n) is 1.46. The minimum atomic E-state index is -0.363. The molecule has 0 saturated heterocycles. The first-order valence-electron chi connectivity index (χ1n) is 4.18. The zero-order valence-corrected chi connectivity index (χ0v) is 7.92. The molecule has 72 valence electrons. The Balaban J connectivity index is 2.94. The molecule has 0 radical (unpaired) electrons. The normalized spacial score (nSPS) is 10.7. The minimum Gasteiger partial charge on any atom is -0.433 e. The summed E-state index contributed by atoms with van der Waals surface area (Å²) in [5, 5.41) is 0. The van der Waals surface area contributed by atoms with Gasteiger partial charge in [0.1, 0.15) is 11.3 Å². The van der Waals surface area contributed by atoms with Crippen molar-refractivity contribution in [2.45, 2.75) is 13.8 Å². The first-order valence-corrected chi connectivity index (χ1v) is 4.18. The van der Waals surface area contributed by atoms with E-state index in [1.54, 1.807) is 13.0 Å². The SMILES string of the molecule is Cc1cc(C)c2c(=O)nc(N)[nH+]c-2o1. The lowest BCUT2D eigenvalue weighted by molar-refractivity contribution is -0.367. The quantitative estimate of drug-likeness (QED) is 0.644. The topological polar surface area (TPSA) is 83.3 Å². The molecule has 0 bridgehead atoms. The molecule has 5 nitrogen and oxygen atoms in total. The number of aryl methyl sites for hydroxylation is 2. The van der Waals surface area contributed by atoms with Crippen molar-refractivity contribution < 1.29 is 9.40 Å². The summed E-state index contributed by atoms with van der Waals surface area (Å²) in [6, 6.07) is 1.79. The second-order valence-corrected chi connectivity index (χ2v) is 3.17. The van der Waals surface area contributed by atoms with E-state index in [2.05, 4.69) is 9.97 Å². The van der Waals surface area contributed by atoms with Crippen LogP contribution < -0.4 is 16.3 Å². The van der Waals surface area contributed by atoms with E-state index in [0.717, 1.165) is 11.3 Å². The van der Waals surface area contributed by atoms with Gasteiger partial charge in [-0.2, -0.15) is 0 Å². The number of anilines is 1. The smallest absolute Gasteiger partial charge is 0.393 e. The predicted molar refractivity (Wildman–Crippen MR) is 49.8 cm³/mol. The van der Waals surface area contributed by atoms with Gasteiger partial charge >= 0.3 is 11.5 Å². The van der Waals surface area contributed by atoms with Gasteiger partial charge in [-0.15, -0.1) is 0 Å². The van der Waals surface area contributed by atoms with Gasteiger partial charge in [0.2, 0.25) is 0 Å². The molecule has 2 aliphatic heterocycles. The van der Waals surface area contributed by atoms with Crippen LogP contribution >= 0.6 is 0 Å². The molecule has 0 aromatic heterocycles. The van der Waals surface area contributed by atoms with Gasteiger partial charge in [-0.3, -0.25) is 5.73 Å². The van der Waals surface area contributed by atoms with Crippen molar-refractivity contribution >= 4 is 5.95 Å². The third kappa shape index (κ3) is 1.22. The van der Waals surface area contributed by atoms with Gasteiger partial charge in [0.15, 0.2) is 0 Å². The number of H-pyrrole nitrogens is 1. The summed E-state index contributed by atoms with van der Waals surface area (Å²) in [6.07, 6.45) is 0. The molecule has 0 aromatic rings. The first-order chi connectivity index (χ1) is 6.58. The van der Waals surface area contributed by atoms with Crippen molar-refractivity contribution in [3.8, 4) is 11.5 Å². The fourth-order valence-corrected chi connectivity index (χ4v) is 1.46. The Morgan fingerprint density at radius 2 is 2.21 bits per heavy atom. The Labute approximate surface area is 79.9 Å². The molecule has 0 unspecified atom stereocenters. The number of nitrogens with one attached hydrogen (secondary N) is 1. The first kappa shape index (κ1) is 8.68. The Hall–Kier alpha value is -1.91. The Morgan fingerprint density at radius 1 is 1.50 bits per heavy atom. The van der Waals surface area contributed by atoms with Gasteiger partial charge in [0.05, 0.1) is 0 Å². The molecular formula is C9H10N3O2+. The summed E-state index contributed by atoms with van der Waals surface area (Å²) in [5.41, 5.74) is 6.31. The van der Waals surface area contributed by atoms with Gasteiger partial charge in [0.25, 0.3) is 5.89 Å². The minimum absolute atomic E-state index is 0.0660. The van der Waals surface area contributed by atoms with E-state index in [9.17, 15) is 4.79 Å². The van der Waals surface area contributed by atoms with Gasteiger partial charge < -0.3 is 4.42 Å². The molecule has 5 heteroatoms. The summed E-state index contributed by atoms with van der Waals surface area (Å²) in [6.45, 7) is 3.64. The van der Waals surface area contributed by atoms with E-state index in [0.29, 0.717) is 11.5 Å². The zero-order valence-electron chi connectivity index (χ0n) is 7.92. The second kappa shape index (κ2) is 2.80. The maximum absolute atomic E-state index is 11.5. The molecule has 14 heavy (non-hydrogen) atoms. The van der Waals surface area contributed by atoms with Crippen LogP contribution in [0.15, 0.2) is 15.3 Å². The summed E-state index contributed by atoms with van der Waals surface area (Å²) < 4.78 is 5.33. The van der Waals surface area contributed by atoms with Crippen LogP contribution in [0.4, 0.5) is 5.95 Å². The number of nitrogen functional groups attached to an aromatic ring is 1. The highest BCUT2D eigenvalue weighted by Gasteiger charge is 2.20. The number of rotatable bonds is 0. The predicted octanol–water partition coefficient (Wildman–Crippen LogP) is 0.153. The Morgan fingerprint density at radius 3 is 2.93 bits per heavy atom. The highest BCUT2D eigenvalue weighted by atomic mass is 16.3. The number of aromatic nitrogens is 2. The fraction of sp³-hybridized carbons (Fsp3) is 0.222. The maximum atomic E-state index is 11.5. The summed E-state index contributed by atoms with van der Waals surface area (Å²) in [5.74, 6) is 1.16. The van der Waals surface area contributed by atoms with Crippen LogP contribution in [0.5, 0.6) is 0 Å². The number of hydrogen-bond donors (Lipinski definition) is 1. The van der Waals surface area contributed by atoms with Crippen molar-refractivity contribution in [1.82, 2.24) is 4.98 Å². The molecule has 0 aliphatic carbocycles. The number of aromatic amines is 1. The monoisotopic (exact) mass is 192 g/mol. The van der Waals surface area contributed by atoms with Crippen molar-refractivity contribution in [1.29, 1.82) is 0 Å². The Kier molecular flexibility index (Phi) is 1.73. The summed E-state index contributed by atoms with van der Waals surface area (Å²) in [7, 11) is 0. The summed E-state index contributed by atoms with van der Waals surface area (Å²) in [4.78, 5) is 17.8. The number of nitrogens with two attached hydrogens (primary N) is 1. The average Bonchev–Trinajstić information content (AvgIpc) is 1.99. The molecule has 0 spiro atoms. The van der Waals surface area contributed by atoms with E-state index >= 15 is 0 Å². The number of hydrogen-bond acceptors (Lipinski definition) is 4. The maximum Gasteiger partial charge on any atom is 0.393 e. The van der Waals surface area contributed by atoms with Crippen LogP contribution in [0.2, 0.25) is 0 Å². The van der Waals surface area contributed by atoms with Gasteiger partial charge in [0, 0.05) is 0 Å². The van der Waals surface area contributed by atoms with E-state index in [4.69, 9.17) is 10.2 Å². The molecule has 2 aliphatic rings. The van der Waals surface area contributed by atoms with Crippen LogP contribution in [0.3, 0.4) is 0 Å². The van der Waals surface area contributed by atoms with E-state index in [1.165, 1.54) is 0 Å². The van der Waals surface area contributed by atoms with Crippen LogP contribution in [-0.2, 0) is 0 Å². The van der Waals surface area contributed by atoms with Crippen molar-refractivity contribution in [3.05, 3.63) is 27.7 Å². The van der Waals surface area contributed by atoms with Crippen molar-refractivity contribution in [3.63, 3.8) is 0 Å². The summed E-state index contributed by atoms with van der Waals surface area (Å²) >= 11 is 0. The van der Waals surface area contributed by atoms with Crippen LogP contribution in [-0.4, -0.2) is 4.98 Å². The van der Waals surface area contributed by atoms with Crippen LogP contribution in [0.25, 0.3) is 11.5 Å². The number of nitrogens with zero attached hydrogens (tertiary/aromatic N) is 1. The molecule has 3 N–H and O–H groups in total. The van der Waals surface area contributed by atoms with E-state index in [1.807, 2.05) is 6.92 Å². The number of fused-ring (bicyclic) bond motifs is 1.